The number of halogens is 1. The Morgan fingerprint density at radius 3 is 2.09 bits per heavy atom. The maximum Gasteiger partial charge on any atom is 0.264 e. The normalized spacial score (nSPS) is 14.3. The number of sulfonamides is 1. The van der Waals surface area contributed by atoms with Crippen LogP contribution in [0.15, 0.2) is 114 Å². The summed E-state index contributed by atoms with van der Waals surface area (Å²) in [4.78, 5) is 30.4. The van der Waals surface area contributed by atoms with Crippen molar-refractivity contribution in [1.82, 2.24) is 10.2 Å². The van der Waals surface area contributed by atoms with Crippen LogP contribution in [0.1, 0.15) is 48.8 Å². The van der Waals surface area contributed by atoms with Gasteiger partial charge in [-0.25, -0.2) is 8.42 Å². The highest BCUT2D eigenvalue weighted by Gasteiger charge is 2.35. The second-order valence-corrected chi connectivity index (χ2v) is 14.1. The molecule has 0 spiro atoms. The highest BCUT2D eigenvalue weighted by Crippen LogP contribution is 2.26. The molecule has 240 valence electrons. The lowest BCUT2D eigenvalue weighted by Crippen LogP contribution is -2.55. The Kier molecular flexibility index (Phi) is 11.1. The monoisotopic (exact) mass is 657 g/mol. The molecule has 1 N–H and O–H groups in total. The smallest absolute Gasteiger partial charge is 0.264 e. The fourth-order valence-electron chi connectivity index (χ4n) is 5.93. The molecule has 5 rings (SSSR count). The molecule has 0 unspecified atom stereocenters. The molecule has 1 fully saturated rings. The fraction of sp³-hybridized carbons (Fsp3) is 0.297. The van der Waals surface area contributed by atoms with Crippen LogP contribution in [0.5, 0.6) is 0 Å². The first-order valence-corrected chi connectivity index (χ1v) is 17.6. The Bertz CT molecular complexity index is 1710. The maximum absolute atomic E-state index is 14.6. The first-order chi connectivity index (χ1) is 22.2. The van der Waals surface area contributed by atoms with Gasteiger partial charge in [-0.15, -0.1) is 0 Å². The zero-order valence-electron chi connectivity index (χ0n) is 26.0. The molecule has 7 nitrogen and oxygen atoms in total. The average Bonchev–Trinajstić information content (AvgIpc) is 3.07. The minimum Gasteiger partial charge on any atom is -0.352 e. The number of para-hydroxylation sites is 1. The summed E-state index contributed by atoms with van der Waals surface area (Å²) in [7, 11) is -4.18. The number of rotatable bonds is 12. The summed E-state index contributed by atoms with van der Waals surface area (Å²) in [6.45, 7) is 1.61. The molecule has 1 atom stereocenters. The third kappa shape index (κ3) is 8.36. The molecule has 4 aromatic carbocycles. The first-order valence-electron chi connectivity index (χ1n) is 15.7. The van der Waals surface area contributed by atoms with Gasteiger partial charge in [-0.1, -0.05) is 104 Å². The highest BCUT2D eigenvalue weighted by molar-refractivity contribution is 7.92. The SMILES string of the molecule is Cc1ccccc1CN(C(=O)CN(c1ccccc1)S(=O)(=O)c1ccc(Cl)cc1)[C@@H](Cc1ccccc1)C(=O)NC1CCCCC1. The Morgan fingerprint density at radius 1 is 0.826 bits per heavy atom. The second-order valence-electron chi connectivity index (χ2n) is 11.8. The van der Waals surface area contributed by atoms with Crippen LogP contribution >= 0.6 is 11.6 Å². The van der Waals surface area contributed by atoms with Crippen molar-refractivity contribution in [2.75, 3.05) is 10.8 Å². The molecule has 0 aliphatic heterocycles. The fourth-order valence-corrected chi connectivity index (χ4v) is 7.47. The van der Waals surface area contributed by atoms with Gasteiger partial charge in [-0.2, -0.15) is 0 Å². The molecule has 0 radical (unpaired) electrons. The van der Waals surface area contributed by atoms with E-state index < -0.39 is 28.5 Å². The average molecular weight is 658 g/mol. The predicted octanol–water partition coefficient (Wildman–Crippen LogP) is 6.93. The third-order valence-electron chi connectivity index (χ3n) is 8.55. The maximum atomic E-state index is 14.6. The number of anilines is 1. The van der Waals surface area contributed by atoms with Crippen molar-refractivity contribution < 1.29 is 18.0 Å². The van der Waals surface area contributed by atoms with E-state index in [-0.39, 0.29) is 29.8 Å². The van der Waals surface area contributed by atoms with Crippen molar-refractivity contribution in [1.29, 1.82) is 0 Å². The summed E-state index contributed by atoms with van der Waals surface area (Å²) < 4.78 is 29.3. The van der Waals surface area contributed by atoms with Gasteiger partial charge in [0.05, 0.1) is 10.6 Å². The van der Waals surface area contributed by atoms with Crippen molar-refractivity contribution in [2.24, 2.45) is 0 Å². The second kappa shape index (κ2) is 15.4. The van der Waals surface area contributed by atoms with Crippen molar-refractivity contribution in [3.63, 3.8) is 0 Å². The number of amides is 2. The number of aryl methyl sites for hydroxylation is 1. The first kappa shape index (κ1) is 33.2. The summed E-state index contributed by atoms with van der Waals surface area (Å²) in [5.74, 6) is -0.714. The van der Waals surface area contributed by atoms with Crippen molar-refractivity contribution >= 4 is 39.1 Å². The van der Waals surface area contributed by atoms with E-state index in [1.807, 2.05) is 61.5 Å². The van der Waals surface area contributed by atoms with Gasteiger partial charge in [0.1, 0.15) is 12.6 Å². The van der Waals surface area contributed by atoms with E-state index in [1.165, 1.54) is 24.3 Å². The molecule has 1 saturated carbocycles. The number of nitrogens with one attached hydrogen (secondary N) is 1. The number of hydrogen-bond acceptors (Lipinski definition) is 4. The Hall–Kier alpha value is -4.14. The van der Waals surface area contributed by atoms with Crippen LogP contribution in [0.4, 0.5) is 5.69 Å². The summed E-state index contributed by atoms with van der Waals surface area (Å²) in [6.07, 6.45) is 5.33. The summed E-state index contributed by atoms with van der Waals surface area (Å²) in [6, 6.07) is 31.0. The molecule has 46 heavy (non-hydrogen) atoms. The summed E-state index contributed by atoms with van der Waals surface area (Å²) in [5, 5.41) is 3.65. The zero-order valence-corrected chi connectivity index (χ0v) is 27.6. The van der Waals surface area contributed by atoms with E-state index in [2.05, 4.69) is 5.32 Å². The topological polar surface area (TPSA) is 86.8 Å². The number of hydrogen-bond donors (Lipinski definition) is 1. The number of carbonyl (C=O) groups is 2. The van der Waals surface area contributed by atoms with Crippen molar-refractivity contribution in [3.8, 4) is 0 Å². The number of carbonyl (C=O) groups excluding carboxylic acids is 2. The van der Waals surface area contributed by atoms with E-state index in [0.29, 0.717) is 10.7 Å². The molecule has 0 aromatic heterocycles. The van der Waals surface area contributed by atoms with Crippen molar-refractivity contribution in [3.05, 3.63) is 131 Å². The molecular formula is C37H40ClN3O4S. The summed E-state index contributed by atoms with van der Waals surface area (Å²) >= 11 is 6.07. The van der Waals surface area contributed by atoms with Crippen LogP contribution in [0, 0.1) is 6.92 Å². The third-order valence-corrected chi connectivity index (χ3v) is 10.6. The van der Waals surface area contributed by atoms with Crippen LogP contribution in [0.3, 0.4) is 0 Å². The lowest BCUT2D eigenvalue weighted by molar-refractivity contribution is -0.140. The highest BCUT2D eigenvalue weighted by atomic mass is 35.5. The van der Waals surface area contributed by atoms with Crippen LogP contribution in [0.2, 0.25) is 5.02 Å². The number of benzene rings is 4. The largest absolute Gasteiger partial charge is 0.352 e. The Labute approximate surface area is 277 Å². The van der Waals surface area contributed by atoms with Crippen LogP contribution in [-0.4, -0.2) is 43.8 Å². The van der Waals surface area contributed by atoms with E-state index in [4.69, 9.17) is 11.6 Å². The zero-order chi connectivity index (χ0) is 32.5. The lowest BCUT2D eigenvalue weighted by Gasteiger charge is -2.35. The minimum atomic E-state index is -4.18. The van der Waals surface area contributed by atoms with E-state index in [1.54, 1.807) is 35.2 Å². The van der Waals surface area contributed by atoms with Crippen LogP contribution in [0.25, 0.3) is 0 Å². The molecule has 0 saturated heterocycles. The van der Waals surface area contributed by atoms with Gasteiger partial charge >= 0.3 is 0 Å². The molecule has 0 heterocycles. The van der Waals surface area contributed by atoms with Crippen LogP contribution < -0.4 is 9.62 Å². The van der Waals surface area contributed by atoms with Gasteiger partial charge in [0.15, 0.2) is 0 Å². The molecule has 4 aromatic rings. The number of nitrogens with zero attached hydrogens (tertiary/aromatic N) is 2. The van der Waals surface area contributed by atoms with E-state index in [0.717, 1.165) is 53.1 Å². The van der Waals surface area contributed by atoms with Gasteiger partial charge < -0.3 is 10.2 Å². The molecule has 2 amide bonds. The van der Waals surface area contributed by atoms with Gasteiger partial charge in [0, 0.05) is 24.0 Å². The van der Waals surface area contributed by atoms with Gasteiger partial charge in [0.2, 0.25) is 11.8 Å². The van der Waals surface area contributed by atoms with Gasteiger partial charge in [-0.05, 0) is 72.9 Å². The predicted molar refractivity (Wildman–Crippen MR) is 183 cm³/mol. The quantitative estimate of drug-likeness (QED) is 0.179. The molecule has 0 bridgehead atoms. The van der Waals surface area contributed by atoms with E-state index >= 15 is 0 Å². The minimum absolute atomic E-state index is 0.00915. The van der Waals surface area contributed by atoms with E-state index in [9.17, 15) is 18.0 Å². The summed E-state index contributed by atoms with van der Waals surface area (Å²) in [5.41, 5.74) is 3.10. The van der Waals surface area contributed by atoms with Gasteiger partial charge in [-0.3, -0.25) is 13.9 Å². The molecule has 1 aliphatic carbocycles. The Morgan fingerprint density at radius 2 is 1.43 bits per heavy atom. The molecule has 9 heteroatoms. The van der Waals surface area contributed by atoms with Crippen molar-refractivity contribution in [2.45, 2.75) is 69.0 Å². The lowest BCUT2D eigenvalue weighted by atomic mass is 9.94. The molecular weight excluding hydrogens is 618 g/mol. The van der Waals surface area contributed by atoms with Crippen LogP contribution in [-0.2, 0) is 32.6 Å². The van der Waals surface area contributed by atoms with Gasteiger partial charge in [0.25, 0.3) is 10.0 Å². The Balaban J connectivity index is 1.55. The molecule has 1 aliphatic rings. The standard InChI is InChI=1S/C37H40ClN3O4S/c1-28-13-11-12-16-30(28)26-40(35(25-29-14-5-2-6-15-29)37(43)39-32-17-7-3-8-18-32)36(42)27-41(33-19-9-4-10-20-33)46(44,45)34-23-21-31(38)22-24-34/h2,4-6,9-16,19-24,32,35H,3,7-8,17-18,25-27H2,1H3,(H,39,43)/t35-/m0/s1.